The van der Waals surface area contributed by atoms with Crippen LogP contribution in [0.4, 0.5) is 0 Å². The molecule has 1 aromatic heterocycles. The number of hydrogen-bond acceptors (Lipinski definition) is 8. The van der Waals surface area contributed by atoms with E-state index in [0.717, 1.165) is 5.57 Å². The van der Waals surface area contributed by atoms with Crippen LogP contribution in [0, 0.1) is 5.92 Å². The zero-order valence-corrected chi connectivity index (χ0v) is 22.6. The molecule has 0 aliphatic heterocycles. The van der Waals surface area contributed by atoms with Crippen LogP contribution >= 0.6 is 0 Å². The van der Waals surface area contributed by atoms with E-state index in [4.69, 9.17) is 9.73 Å². The third kappa shape index (κ3) is 6.62. The smallest absolute Gasteiger partial charge is 0.273 e. The fourth-order valence-corrected chi connectivity index (χ4v) is 4.77. The second-order valence-corrected chi connectivity index (χ2v) is 10.1. The number of allylic oxidation sites excluding steroid dienone is 2. The number of benzene rings is 1. The standard InChI is InChI=1S/C28H38N4O6/c1-6-29-28(36)26-25(27(38-31-26)21-13-20(16(2)3)22(33)14-23(21)34)19-10-9-18(12-17(19)4)15-32(5)11-7-8-24(35)30-37/h9-10,12-14,16-17,19,33-34,37H,6-8,11,15H2,1-5H3,(H,29,36)(H,30,35). The lowest BCUT2D eigenvalue weighted by molar-refractivity contribution is -0.129. The fraction of sp³-hybridized carbons (Fsp3) is 0.464. The van der Waals surface area contributed by atoms with Crippen molar-refractivity contribution in [2.45, 2.75) is 52.4 Å². The van der Waals surface area contributed by atoms with E-state index < -0.39 is 5.91 Å². The van der Waals surface area contributed by atoms with Gasteiger partial charge in [-0.2, -0.15) is 0 Å². The zero-order valence-electron chi connectivity index (χ0n) is 22.6. The summed E-state index contributed by atoms with van der Waals surface area (Å²) in [6, 6.07) is 2.98. The number of likely N-dealkylation sites (N-methyl/N-ethyl adjacent to an activating group) is 1. The number of carbonyl (C=O) groups is 2. The normalized spacial score (nSPS) is 17.1. The highest BCUT2D eigenvalue weighted by Crippen LogP contribution is 2.44. The van der Waals surface area contributed by atoms with Crippen LogP contribution in [0.3, 0.4) is 0 Å². The molecule has 5 N–H and O–H groups in total. The Bertz CT molecular complexity index is 1220. The Kier molecular flexibility index (Phi) is 9.71. The Hall–Kier alpha value is -3.63. The predicted octanol–water partition coefficient (Wildman–Crippen LogP) is 4.06. The second kappa shape index (κ2) is 12.7. The molecule has 2 amide bonds. The molecule has 0 saturated carbocycles. The maximum Gasteiger partial charge on any atom is 0.273 e. The Morgan fingerprint density at radius 1 is 1.21 bits per heavy atom. The summed E-state index contributed by atoms with van der Waals surface area (Å²) in [4.78, 5) is 26.3. The van der Waals surface area contributed by atoms with Crippen LogP contribution < -0.4 is 10.8 Å². The van der Waals surface area contributed by atoms with Crippen LogP contribution in [0.2, 0.25) is 0 Å². The molecule has 0 spiro atoms. The number of hydroxylamine groups is 1. The van der Waals surface area contributed by atoms with Crippen molar-refractivity contribution in [2.75, 3.05) is 26.7 Å². The number of phenols is 2. The topological polar surface area (TPSA) is 148 Å². The summed E-state index contributed by atoms with van der Waals surface area (Å²) in [6.07, 6.45) is 7.03. The fourth-order valence-electron chi connectivity index (χ4n) is 4.77. The van der Waals surface area contributed by atoms with E-state index in [1.54, 1.807) is 11.5 Å². The van der Waals surface area contributed by atoms with Crippen molar-refractivity contribution < 1.29 is 29.5 Å². The zero-order chi connectivity index (χ0) is 28.0. The molecule has 2 atom stereocenters. The SMILES string of the molecule is CCNC(=O)c1noc(-c2cc(C(C)C)c(O)cc2O)c1C1C=CC(CN(C)CCCC(=O)NO)=CC1C. The summed E-state index contributed by atoms with van der Waals surface area (Å²) < 4.78 is 5.70. The van der Waals surface area contributed by atoms with Gasteiger partial charge in [0.2, 0.25) is 5.91 Å². The molecule has 10 heteroatoms. The van der Waals surface area contributed by atoms with Crippen molar-refractivity contribution in [3.63, 3.8) is 0 Å². The average Bonchev–Trinajstić information content (AvgIpc) is 3.28. The molecule has 1 aromatic carbocycles. The molecule has 3 rings (SSSR count). The summed E-state index contributed by atoms with van der Waals surface area (Å²) in [5.74, 6) is -0.898. The van der Waals surface area contributed by atoms with Gasteiger partial charge in [-0.05, 0) is 56.0 Å². The number of amides is 2. The average molecular weight is 527 g/mol. The lowest BCUT2D eigenvalue weighted by Gasteiger charge is -2.26. The van der Waals surface area contributed by atoms with Crippen molar-refractivity contribution in [1.29, 1.82) is 0 Å². The summed E-state index contributed by atoms with van der Waals surface area (Å²) >= 11 is 0. The molecule has 2 aromatic rings. The molecule has 0 bridgehead atoms. The molecule has 206 valence electrons. The van der Waals surface area contributed by atoms with E-state index in [1.165, 1.54) is 6.07 Å². The van der Waals surface area contributed by atoms with E-state index in [0.29, 0.717) is 48.5 Å². The number of carbonyl (C=O) groups excluding carboxylic acids is 2. The Labute approximate surface area is 223 Å². The minimum atomic E-state index is -0.403. The van der Waals surface area contributed by atoms with E-state index >= 15 is 0 Å². The van der Waals surface area contributed by atoms with Crippen LogP contribution in [-0.4, -0.2) is 64.0 Å². The van der Waals surface area contributed by atoms with Crippen molar-refractivity contribution in [3.8, 4) is 22.8 Å². The number of rotatable bonds is 11. The minimum Gasteiger partial charge on any atom is -0.508 e. The van der Waals surface area contributed by atoms with Gasteiger partial charge in [0.05, 0.1) is 5.56 Å². The van der Waals surface area contributed by atoms with Crippen molar-refractivity contribution >= 4 is 11.8 Å². The van der Waals surface area contributed by atoms with Crippen LogP contribution in [0.5, 0.6) is 11.5 Å². The molecular formula is C28H38N4O6. The number of nitrogens with zero attached hydrogens (tertiary/aromatic N) is 2. The number of nitrogens with one attached hydrogen (secondary N) is 2. The monoisotopic (exact) mass is 526 g/mol. The van der Waals surface area contributed by atoms with E-state index in [2.05, 4.69) is 21.4 Å². The van der Waals surface area contributed by atoms with Gasteiger partial charge in [-0.25, -0.2) is 5.48 Å². The summed E-state index contributed by atoms with van der Waals surface area (Å²) in [7, 11) is 1.97. The molecule has 0 radical (unpaired) electrons. The number of aromatic nitrogens is 1. The second-order valence-electron chi connectivity index (χ2n) is 10.1. The minimum absolute atomic E-state index is 0.00224. The lowest BCUT2D eigenvalue weighted by atomic mass is 9.80. The lowest BCUT2D eigenvalue weighted by Crippen LogP contribution is -2.26. The van der Waals surface area contributed by atoms with Crippen LogP contribution in [0.15, 0.2) is 40.5 Å². The van der Waals surface area contributed by atoms with Crippen LogP contribution in [0.25, 0.3) is 11.3 Å². The quantitative estimate of drug-likeness (QED) is 0.217. The van der Waals surface area contributed by atoms with Gasteiger partial charge >= 0.3 is 0 Å². The predicted molar refractivity (Wildman–Crippen MR) is 143 cm³/mol. The van der Waals surface area contributed by atoms with Crippen molar-refractivity contribution in [3.05, 3.63) is 52.8 Å². The van der Waals surface area contributed by atoms with Gasteiger partial charge in [0.1, 0.15) is 11.5 Å². The molecule has 1 aliphatic carbocycles. The van der Waals surface area contributed by atoms with Gasteiger partial charge in [-0.15, -0.1) is 0 Å². The maximum atomic E-state index is 12.9. The van der Waals surface area contributed by atoms with Gasteiger partial charge in [-0.1, -0.05) is 44.2 Å². The molecule has 0 saturated heterocycles. The van der Waals surface area contributed by atoms with Gasteiger partial charge in [-0.3, -0.25) is 14.8 Å². The summed E-state index contributed by atoms with van der Waals surface area (Å²) in [5, 5.41) is 36.6. The Morgan fingerprint density at radius 2 is 1.95 bits per heavy atom. The first-order chi connectivity index (χ1) is 18.1. The maximum absolute atomic E-state index is 12.9. The summed E-state index contributed by atoms with van der Waals surface area (Å²) in [5.41, 5.74) is 4.50. The molecule has 10 nitrogen and oxygen atoms in total. The highest BCUT2D eigenvalue weighted by Gasteiger charge is 2.33. The van der Waals surface area contributed by atoms with Crippen molar-refractivity contribution in [1.82, 2.24) is 20.9 Å². The van der Waals surface area contributed by atoms with Crippen LogP contribution in [-0.2, 0) is 4.79 Å². The first kappa shape index (κ1) is 28.9. The third-order valence-corrected chi connectivity index (χ3v) is 6.71. The Morgan fingerprint density at radius 3 is 2.58 bits per heavy atom. The Balaban J connectivity index is 1.92. The van der Waals surface area contributed by atoms with Crippen LogP contribution in [0.1, 0.15) is 74.0 Å². The van der Waals surface area contributed by atoms with E-state index in [1.807, 2.05) is 46.9 Å². The third-order valence-electron chi connectivity index (χ3n) is 6.71. The summed E-state index contributed by atoms with van der Waals surface area (Å²) in [6.45, 7) is 9.53. The first-order valence-corrected chi connectivity index (χ1v) is 12.9. The van der Waals surface area contributed by atoms with Gasteiger partial charge in [0, 0.05) is 37.1 Å². The van der Waals surface area contributed by atoms with Gasteiger partial charge in [0.25, 0.3) is 5.91 Å². The van der Waals surface area contributed by atoms with Crippen molar-refractivity contribution in [2.24, 2.45) is 5.92 Å². The van der Waals surface area contributed by atoms with E-state index in [-0.39, 0.29) is 47.3 Å². The number of aromatic hydroxyl groups is 2. The molecule has 2 unspecified atom stereocenters. The van der Waals surface area contributed by atoms with E-state index in [9.17, 15) is 19.8 Å². The highest BCUT2D eigenvalue weighted by molar-refractivity contribution is 5.96. The molecular weight excluding hydrogens is 488 g/mol. The highest BCUT2D eigenvalue weighted by atomic mass is 16.5. The first-order valence-electron chi connectivity index (χ1n) is 12.9. The van der Waals surface area contributed by atoms with Gasteiger partial charge in [0.15, 0.2) is 11.5 Å². The number of phenolic OH excluding ortho intramolecular Hbond substituents is 2. The largest absolute Gasteiger partial charge is 0.508 e. The molecule has 0 fully saturated rings. The molecule has 1 aliphatic rings. The van der Waals surface area contributed by atoms with Gasteiger partial charge < -0.3 is 25.0 Å². The molecule has 1 heterocycles. The number of hydrogen-bond donors (Lipinski definition) is 5. The molecule has 38 heavy (non-hydrogen) atoms.